The van der Waals surface area contributed by atoms with Gasteiger partial charge >= 0.3 is 5.97 Å². The fourth-order valence-corrected chi connectivity index (χ4v) is 3.93. The van der Waals surface area contributed by atoms with Gasteiger partial charge in [0.1, 0.15) is 0 Å². The summed E-state index contributed by atoms with van der Waals surface area (Å²) < 4.78 is 0. The molecule has 1 amide bonds. The van der Waals surface area contributed by atoms with Crippen molar-refractivity contribution in [1.82, 2.24) is 5.32 Å². The van der Waals surface area contributed by atoms with Gasteiger partial charge in [0.05, 0.1) is 6.42 Å². The standard InChI is InChI=1S/C24H29NO4S/c1-3-30-24(29)17(2)15-21(25-22(26)13-14-23(27)28)16-18-9-11-20(12-10-18)19-7-5-4-6-8-19/h4-12,17,21H,3,13-16H2,1-2H3,(H,25,26)(H,27,28)/t17?,21-/m0/s1. The van der Waals surface area contributed by atoms with E-state index in [9.17, 15) is 14.4 Å². The van der Waals surface area contributed by atoms with Gasteiger partial charge in [-0.05, 0) is 35.3 Å². The maximum atomic E-state index is 12.2. The van der Waals surface area contributed by atoms with Gasteiger partial charge in [0.25, 0.3) is 0 Å². The van der Waals surface area contributed by atoms with Crippen LogP contribution < -0.4 is 5.32 Å². The maximum Gasteiger partial charge on any atom is 0.303 e. The summed E-state index contributed by atoms with van der Waals surface area (Å²) in [4.78, 5) is 35.1. The summed E-state index contributed by atoms with van der Waals surface area (Å²) in [5, 5.41) is 11.8. The molecule has 0 aliphatic carbocycles. The number of amides is 1. The molecule has 2 aromatic carbocycles. The lowest BCUT2D eigenvalue weighted by Crippen LogP contribution is -2.38. The molecule has 1 unspecified atom stereocenters. The highest BCUT2D eigenvalue weighted by molar-refractivity contribution is 8.13. The number of aliphatic carboxylic acids is 1. The van der Waals surface area contributed by atoms with Crippen LogP contribution in [0.1, 0.15) is 38.7 Å². The highest BCUT2D eigenvalue weighted by Gasteiger charge is 2.21. The van der Waals surface area contributed by atoms with Crippen molar-refractivity contribution in [2.75, 3.05) is 5.75 Å². The van der Waals surface area contributed by atoms with E-state index in [2.05, 4.69) is 29.6 Å². The molecule has 2 rings (SSSR count). The molecule has 0 heterocycles. The molecule has 0 spiro atoms. The molecule has 0 aliphatic rings. The molecular formula is C24H29NO4S. The predicted molar refractivity (Wildman–Crippen MR) is 121 cm³/mol. The topological polar surface area (TPSA) is 83.5 Å². The van der Waals surface area contributed by atoms with Crippen LogP contribution in [-0.4, -0.2) is 33.9 Å². The third-order valence-corrected chi connectivity index (χ3v) is 5.78. The fraction of sp³-hybridized carbons (Fsp3) is 0.375. The van der Waals surface area contributed by atoms with Crippen LogP contribution in [0, 0.1) is 5.92 Å². The van der Waals surface area contributed by atoms with E-state index >= 15 is 0 Å². The van der Waals surface area contributed by atoms with Gasteiger partial charge in [0, 0.05) is 18.4 Å². The molecule has 6 heteroatoms. The Morgan fingerprint density at radius 1 is 0.967 bits per heavy atom. The lowest BCUT2D eigenvalue weighted by molar-refractivity contribution is -0.138. The van der Waals surface area contributed by atoms with Crippen LogP contribution in [0.25, 0.3) is 11.1 Å². The number of benzene rings is 2. The number of carbonyl (C=O) groups excluding carboxylic acids is 2. The molecule has 2 atom stereocenters. The van der Waals surface area contributed by atoms with Crippen LogP contribution in [-0.2, 0) is 20.8 Å². The normalized spacial score (nSPS) is 12.7. The smallest absolute Gasteiger partial charge is 0.303 e. The molecule has 0 fully saturated rings. The molecule has 0 aromatic heterocycles. The van der Waals surface area contributed by atoms with Crippen molar-refractivity contribution in [3.05, 3.63) is 60.2 Å². The Morgan fingerprint density at radius 3 is 2.20 bits per heavy atom. The molecule has 0 saturated heterocycles. The van der Waals surface area contributed by atoms with E-state index in [1.165, 1.54) is 11.8 Å². The highest BCUT2D eigenvalue weighted by Crippen LogP contribution is 2.22. The minimum Gasteiger partial charge on any atom is -0.481 e. The van der Waals surface area contributed by atoms with E-state index in [4.69, 9.17) is 5.11 Å². The van der Waals surface area contributed by atoms with Crippen LogP contribution in [0.5, 0.6) is 0 Å². The Hall–Kier alpha value is -2.60. The van der Waals surface area contributed by atoms with Crippen LogP contribution in [0.4, 0.5) is 0 Å². The third-order valence-electron chi connectivity index (χ3n) is 4.80. The Labute approximate surface area is 182 Å². The SMILES string of the molecule is CCSC(=O)C(C)C[C@@H](Cc1ccc(-c2ccccc2)cc1)NC(=O)CCC(=O)O. The molecule has 2 aromatic rings. The van der Waals surface area contributed by atoms with Gasteiger partial charge < -0.3 is 10.4 Å². The van der Waals surface area contributed by atoms with Crippen LogP contribution in [0.15, 0.2) is 54.6 Å². The van der Waals surface area contributed by atoms with Crippen LogP contribution in [0.3, 0.4) is 0 Å². The summed E-state index contributed by atoms with van der Waals surface area (Å²) in [7, 11) is 0. The van der Waals surface area contributed by atoms with E-state index in [0.29, 0.717) is 12.8 Å². The van der Waals surface area contributed by atoms with Gasteiger partial charge in [-0.3, -0.25) is 14.4 Å². The van der Waals surface area contributed by atoms with Crippen molar-refractivity contribution in [3.63, 3.8) is 0 Å². The van der Waals surface area contributed by atoms with Crippen molar-refractivity contribution in [2.45, 2.75) is 45.6 Å². The minimum atomic E-state index is -0.999. The number of carboxylic acids is 1. The zero-order chi connectivity index (χ0) is 21.9. The van der Waals surface area contributed by atoms with Crippen LogP contribution >= 0.6 is 11.8 Å². The van der Waals surface area contributed by atoms with Gasteiger partial charge in [-0.1, -0.05) is 80.2 Å². The summed E-state index contributed by atoms with van der Waals surface area (Å²) in [5.74, 6) is -0.768. The van der Waals surface area contributed by atoms with Gasteiger partial charge in [0.15, 0.2) is 5.12 Å². The lowest BCUT2D eigenvalue weighted by atomic mass is 9.95. The number of rotatable bonds is 11. The summed E-state index contributed by atoms with van der Waals surface area (Å²) >= 11 is 1.29. The molecule has 0 aliphatic heterocycles. The lowest BCUT2D eigenvalue weighted by Gasteiger charge is -2.22. The zero-order valence-electron chi connectivity index (χ0n) is 17.5. The number of nitrogens with one attached hydrogen (secondary N) is 1. The Bertz CT molecular complexity index is 836. The summed E-state index contributed by atoms with van der Waals surface area (Å²) in [6.07, 6.45) is 0.836. The molecule has 160 valence electrons. The molecule has 0 saturated carbocycles. The van der Waals surface area contributed by atoms with Gasteiger partial charge in [0.2, 0.25) is 5.91 Å². The molecule has 30 heavy (non-hydrogen) atoms. The largest absolute Gasteiger partial charge is 0.481 e. The molecule has 0 radical (unpaired) electrons. The van der Waals surface area contributed by atoms with Crippen LogP contribution in [0.2, 0.25) is 0 Å². The van der Waals surface area contributed by atoms with E-state index in [0.717, 1.165) is 22.4 Å². The first-order chi connectivity index (χ1) is 14.4. The summed E-state index contributed by atoms with van der Waals surface area (Å²) in [5.41, 5.74) is 3.31. The number of hydrogen-bond donors (Lipinski definition) is 2. The van der Waals surface area contributed by atoms with E-state index in [1.54, 1.807) is 0 Å². The zero-order valence-corrected chi connectivity index (χ0v) is 18.3. The summed E-state index contributed by atoms with van der Waals surface area (Å²) in [6, 6.07) is 18.0. The molecule has 5 nitrogen and oxygen atoms in total. The maximum absolute atomic E-state index is 12.2. The van der Waals surface area contributed by atoms with Gasteiger partial charge in [-0.25, -0.2) is 0 Å². The number of hydrogen-bond acceptors (Lipinski definition) is 4. The molecular weight excluding hydrogens is 398 g/mol. The predicted octanol–water partition coefficient (Wildman–Crippen LogP) is 4.55. The number of thioether (sulfide) groups is 1. The Morgan fingerprint density at radius 2 is 1.60 bits per heavy atom. The second-order valence-corrected chi connectivity index (χ2v) is 8.58. The Balaban J connectivity index is 2.07. The van der Waals surface area contributed by atoms with Gasteiger partial charge in [-0.15, -0.1) is 0 Å². The second-order valence-electron chi connectivity index (χ2n) is 7.31. The van der Waals surface area contributed by atoms with Crippen molar-refractivity contribution >= 4 is 28.8 Å². The monoisotopic (exact) mass is 427 g/mol. The average molecular weight is 428 g/mol. The van der Waals surface area contributed by atoms with Crippen molar-refractivity contribution in [3.8, 4) is 11.1 Å². The van der Waals surface area contributed by atoms with E-state index in [-0.39, 0.29) is 35.8 Å². The number of carboxylic acid groups (broad SMARTS) is 1. The first kappa shape index (κ1) is 23.7. The first-order valence-corrected chi connectivity index (χ1v) is 11.2. The second kappa shape index (κ2) is 12.2. The third kappa shape index (κ3) is 8.03. The quantitative estimate of drug-likeness (QED) is 0.550. The number of carbonyl (C=O) groups is 3. The van der Waals surface area contributed by atoms with Crippen molar-refractivity contribution in [2.24, 2.45) is 5.92 Å². The first-order valence-electron chi connectivity index (χ1n) is 10.2. The van der Waals surface area contributed by atoms with E-state index < -0.39 is 5.97 Å². The van der Waals surface area contributed by atoms with E-state index in [1.807, 2.05) is 44.2 Å². The van der Waals surface area contributed by atoms with Crippen molar-refractivity contribution < 1.29 is 19.5 Å². The molecule has 2 N–H and O–H groups in total. The van der Waals surface area contributed by atoms with Crippen molar-refractivity contribution in [1.29, 1.82) is 0 Å². The Kier molecular flexibility index (Phi) is 9.61. The summed E-state index contributed by atoms with van der Waals surface area (Å²) in [6.45, 7) is 3.81. The van der Waals surface area contributed by atoms with Gasteiger partial charge in [-0.2, -0.15) is 0 Å². The molecule has 0 bridgehead atoms. The highest BCUT2D eigenvalue weighted by atomic mass is 32.2. The fourth-order valence-electron chi connectivity index (χ4n) is 3.27. The minimum absolute atomic E-state index is 0.0647. The average Bonchev–Trinajstić information content (AvgIpc) is 2.73.